The maximum atomic E-state index is 11.7. The first-order valence-corrected chi connectivity index (χ1v) is 9.41. The third kappa shape index (κ3) is 3.30. The van der Waals surface area contributed by atoms with E-state index in [0.29, 0.717) is 31.8 Å². The molecule has 0 radical (unpaired) electrons. The largest absolute Gasteiger partial charge is 0.465 e. The molecule has 2 fully saturated rings. The van der Waals surface area contributed by atoms with E-state index in [9.17, 15) is 14.7 Å². The summed E-state index contributed by atoms with van der Waals surface area (Å²) in [5.74, 6) is -0.265. The summed E-state index contributed by atoms with van der Waals surface area (Å²) in [5, 5.41) is 9.39. The lowest BCUT2D eigenvalue weighted by Gasteiger charge is -2.53. The fourth-order valence-corrected chi connectivity index (χ4v) is 4.38. The predicted molar refractivity (Wildman–Crippen MR) is 97.6 cm³/mol. The zero-order valence-electron chi connectivity index (χ0n) is 16.0. The second-order valence-corrected chi connectivity index (χ2v) is 8.69. The fourth-order valence-electron chi connectivity index (χ4n) is 4.38. The van der Waals surface area contributed by atoms with Crippen LogP contribution in [-0.2, 0) is 16.1 Å². The van der Waals surface area contributed by atoms with Crippen molar-refractivity contribution in [3.05, 3.63) is 34.9 Å². The molecule has 0 saturated carbocycles. The molecule has 0 aromatic heterocycles. The van der Waals surface area contributed by atoms with Crippen molar-refractivity contribution in [3.8, 4) is 0 Å². The number of carbonyl (C=O) groups is 2. The minimum absolute atomic E-state index is 0.0467. The van der Waals surface area contributed by atoms with Crippen molar-refractivity contribution < 1.29 is 24.2 Å². The van der Waals surface area contributed by atoms with Crippen LogP contribution in [0.1, 0.15) is 48.4 Å². The van der Waals surface area contributed by atoms with Gasteiger partial charge in [-0.3, -0.25) is 4.90 Å². The van der Waals surface area contributed by atoms with Gasteiger partial charge >= 0.3 is 12.1 Å². The first-order chi connectivity index (χ1) is 12.7. The number of benzene rings is 1. The van der Waals surface area contributed by atoms with Gasteiger partial charge in [0.05, 0.1) is 23.8 Å². The number of nitrogens with zero attached hydrogens (tertiary/aromatic N) is 2. The second-order valence-electron chi connectivity index (χ2n) is 8.69. The number of carboxylic acid groups (broad SMARTS) is 1. The van der Waals surface area contributed by atoms with Crippen LogP contribution < -0.4 is 0 Å². The Balaban J connectivity index is 1.61. The average molecular weight is 374 g/mol. The van der Waals surface area contributed by atoms with Crippen molar-refractivity contribution >= 4 is 12.1 Å². The van der Waals surface area contributed by atoms with Crippen LogP contribution in [0.2, 0.25) is 0 Å². The number of hydrogen-bond acceptors (Lipinski definition) is 5. The number of rotatable bonds is 1. The van der Waals surface area contributed by atoms with E-state index in [0.717, 1.165) is 17.7 Å². The lowest BCUT2D eigenvalue weighted by molar-refractivity contribution is -0.173. The van der Waals surface area contributed by atoms with Crippen LogP contribution in [0, 0.1) is 5.41 Å². The molecule has 146 valence electrons. The van der Waals surface area contributed by atoms with Crippen LogP contribution in [0.5, 0.6) is 0 Å². The molecule has 0 aliphatic carbocycles. The molecule has 1 unspecified atom stereocenters. The Morgan fingerprint density at radius 2 is 2.00 bits per heavy atom. The van der Waals surface area contributed by atoms with Crippen LogP contribution in [-0.4, -0.2) is 65.3 Å². The number of carbonyl (C=O) groups excluding carboxylic acids is 1. The SMILES string of the molecule is CC(C)(C)C1O[C@@H](c2ccc3c(c2)COC3=O)CN2CCN(C(=O)O)C[C@@H]12. The van der Waals surface area contributed by atoms with Gasteiger partial charge in [0.2, 0.25) is 0 Å². The Morgan fingerprint density at radius 1 is 1.22 bits per heavy atom. The van der Waals surface area contributed by atoms with Gasteiger partial charge in [0.15, 0.2) is 0 Å². The molecule has 3 heterocycles. The van der Waals surface area contributed by atoms with Gasteiger partial charge in [0, 0.05) is 31.7 Å². The van der Waals surface area contributed by atoms with Gasteiger partial charge in [-0.15, -0.1) is 0 Å². The van der Waals surface area contributed by atoms with Crippen molar-refractivity contribution in [1.82, 2.24) is 9.80 Å². The fraction of sp³-hybridized carbons (Fsp3) is 0.600. The molecule has 4 rings (SSSR count). The van der Waals surface area contributed by atoms with E-state index >= 15 is 0 Å². The third-order valence-corrected chi connectivity index (χ3v) is 5.80. The lowest BCUT2D eigenvalue weighted by Crippen LogP contribution is -2.65. The molecule has 7 nitrogen and oxygen atoms in total. The number of amides is 1. The lowest BCUT2D eigenvalue weighted by atomic mass is 9.81. The Kier molecular flexibility index (Phi) is 4.39. The molecule has 3 aliphatic rings. The summed E-state index contributed by atoms with van der Waals surface area (Å²) in [6.07, 6.45) is -1.07. The van der Waals surface area contributed by atoms with Gasteiger partial charge in [-0.05, 0) is 23.1 Å². The molecule has 2 saturated heterocycles. The highest BCUT2D eigenvalue weighted by molar-refractivity contribution is 5.93. The van der Waals surface area contributed by atoms with Crippen LogP contribution in [0.15, 0.2) is 18.2 Å². The standard InChI is InChI=1S/C20H26N2O5/c1-20(2,3)17-15-9-22(19(24)25)7-6-21(15)10-16(27-17)12-4-5-14-13(8-12)11-26-18(14)23/h4-5,8,15-17H,6-7,9-11H2,1-3H3,(H,24,25)/t15-,16+,17?/m0/s1. The maximum Gasteiger partial charge on any atom is 0.407 e. The second kappa shape index (κ2) is 6.49. The average Bonchev–Trinajstić information content (AvgIpc) is 3.00. The minimum atomic E-state index is -0.868. The summed E-state index contributed by atoms with van der Waals surface area (Å²) in [6, 6.07) is 5.83. The Morgan fingerprint density at radius 3 is 2.70 bits per heavy atom. The van der Waals surface area contributed by atoms with Crippen molar-refractivity contribution in [2.24, 2.45) is 5.41 Å². The summed E-state index contributed by atoms with van der Waals surface area (Å²) in [4.78, 5) is 27.0. The highest BCUT2D eigenvalue weighted by Crippen LogP contribution is 2.39. The van der Waals surface area contributed by atoms with Crippen LogP contribution in [0.3, 0.4) is 0 Å². The van der Waals surface area contributed by atoms with Gasteiger partial charge in [-0.2, -0.15) is 0 Å². The molecule has 1 N–H and O–H groups in total. The van der Waals surface area contributed by atoms with E-state index in [1.54, 1.807) is 0 Å². The normalized spacial score (nSPS) is 28.5. The van der Waals surface area contributed by atoms with E-state index in [4.69, 9.17) is 9.47 Å². The van der Waals surface area contributed by atoms with E-state index in [2.05, 4.69) is 25.7 Å². The zero-order chi connectivity index (χ0) is 19.3. The van der Waals surface area contributed by atoms with E-state index in [1.807, 2.05) is 18.2 Å². The zero-order valence-corrected chi connectivity index (χ0v) is 16.0. The molecule has 1 amide bonds. The molecular weight excluding hydrogens is 348 g/mol. The summed E-state index contributed by atoms with van der Waals surface area (Å²) in [7, 11) is 0. The molecule has 27 heavy (non-hydrogen) atoms. The first-order valence-electron chi connectivity index (χ1n) is 9.41. The number of cyclic esters (lactones) is 1. The smallest absolute Gasteiger partial charge is 0.407 e. The minimum Gasteiger partial charge on any atom is -0.465 e. The number of ether oxygens (including phenoxy) is 2. The summed E-state index contributed by atoms with van der Waals surface area (Å²) >= 11 is 0. The molecule has 7 heteroatoms. The van der Waals surface area contributed by atoms with Crippen molar-refractivity contribution in [1.29, 1.82) is 0 Å². The van der Waals surface area contributed by atoms with Crippen LogP contribution in [0.4, 0.5) is 4.79 Å². The van der Waals surface area contributed by atoms with E-state index < -0.39 is 6.09 Å². The monoisotopic (exact) mass is 374 g/mol. The number of morpholine rings is 1. The van der Waals surface area contributed by atoms with Gasteiger partial charge in [-0.25, -0.2) is 9.59 Å². The predicted octanol–water partition coefficient (Wildman–Crippen LogP) is 2.51. The van der Waals surface area contributed by atoms with Crippen molar-refractivity contribution in [2.75, 3.05) is 26.2 Å². The molecule has 1 aromatic carbocycles. The third-order valence-electron chi connectivity index (χ3n) is 5.80. The Bertz CT molecular complexity index is 772. The van der Waals surface area contributed by atoms with Crippen molar-refractivity contribution in [3.63, 3.8) is 0 Å². The maximum absolute atomic E-state index is 11.7. The van der Waals surface area contributed by atoms with Gasteiger partial charge in [0.25, 0.3) is 0 Å². The quantitative estimate of drug-likeness (QED) is 0.761. The van der Waals surface area contributed by atoms with Gasteiger partial charge in [0.1, 0.15) is 6.61 Å². The summed E-state index contributed by atoms with van der Waals surface area (Å²) in [6.45, 7) is 9.12. The van der Waals surface area contributed by atoms with Crippen molar-refractivity contribution in [2.45, 2.75) is 45.6 Å². The van der Waals surface area contributed by atoms with Crippen LogP contribution >= 0.6 is 0 Å². The number of hydrogen-bond donors (Lipinski definition) is 1. The van der Waals surface area contributed by atoms with Gasteiger partial charge < -0.3 is 19.5 Å². The molecule has 0 spiro atoms. The Labute approximate surface area is 158 Å². The molecule has 0 bridgehead atoms. The summed E-state index contributed by atoms with van der Waals surface area (Å²) in [5.41, 5.74) is 2.46. The highest BCUT2D eigenvalue weighted by atomic mass is 16.5. The van der Waals surface area contributed by atoms with Crippen LogP contribution in [0.25, 0.3) is 0 Å². The summed E-state index contributed by atoms with van der Waals surface area (Å²) < 4.78 is 11.6. The Hall–Kier alpha value is -2.12. The first kappa shape index (κ1) is 18.3. The van der Waals surface area contributed by atoms with E-state index in [1.165, 1.54) is 4.90 Å². The number of fused-ring (bicyclic) bond motifs is 2. The van der Waals surface area contributed by atoms with Gasteiger partial charge in [-0.1, -0.05) is 26.8 Å². The molecule has 1 aromatic rings. The molecule has 3 aliphatic heterocycles. The number of piperazine rings is 1. The molecule has 3 atom stereocenters. The highest BCUT2D eigenvalue weighted by Gasteiger charge is 2.46. The molecular formula is C20H26N2O5. The topological polar surface area (TPSA) is 79.3 Å². The van der Waals surface area contributed by atoms with E-state index in [-0.39, 0.29) is 29.6 Å². The number of esters is 1.